The summed E-state index contributed by atoms with van der Waals surface area (Å²) in [5, 5.41) is 8.06. The van der Waals surface area contributed by atoms with Crippen molar-refractivity contribution in [3.8, 4) is 0 Å². The van der Waals surface area contributed by atoms with Gasteiger partial charge in [-0.25, -0.2) is 10.4 Å². The van der Waals surface area contributed by atoms with Gasteiger partial charge in [0.25, 0.3) is 5.91 Å². The number of para-hydroxylation sites is 1. The number of thiazole rings is 1. The average Bonchev–Trinajstić information content (AvgIpc) is 2.94. The Balaban J connectivity index is 1.50. The van der Waals surface area contributed by atoms with Gasteiger partial charge in [0, 0.05) is 5.71 Å². The van der Waals surface area contributed by atoms with Crippen molar-refractivity contribution in [2.75, 3.05) is 11.9 Å². The molecule has 1 atom stereocenters. The van der Waals surface area contributed by atoms with Gasteiger partial charge in [-0.1, -0.05) is 30.4 Å². The van der Waals surface area contributed by atoms with Crippen LogP contribution in [0, 0.1) is 5.92 Å². The lowest BCUT2D eigenvalue weighted by molar-refractivity contribution is -0.119. The molecular weight excluding hydrogens is 296 g/mol. The molecule has 0 bridgehead atoms. The summed E-state index contributed by atoms with van der Waals surface area (Å²) in [6, 6.07) is 7.93. The Morgan fingerprint density at radius 3 is 3.14 bits per heavy atom. The van der Waals surface area contributed by atoms with Crippen molar-refractivity contribution in [2.24, 2.45) is 11.0 Å². The van der Waals surface area contributed by atoms with Crippen molar-refractivity contribution in [1.82, 2.24) is 10.4 Å². The summed E-state index contributed by atoms with van der Waals surface area (Å²) in [5.74, 6) is 0.537. The second kappa shape index (κ2) is 6.87. The van der Waals surface area contributed by atoms with Crippen LogP contribution < -0.4 is 10.7 Å². The highest BCUT2D eigenvalue weighted by molar-refractivity contribution is 7.22. The molecule has 1 fully saturated rings. The molecule has 3 rings (SSSR count). The number of carbonyl (C=O) groups excluding carboxylic acids is 1. The van der Waals surface area contributed by atoms with Gasteiger partial charge in [-0.2, -0.15) is 5.10 Å². The van der Waals surface area contributed by atoms with Crippen molar-refractivity contribution >= 4 is 38.3 Å². The quantitative estimate of drug-likeness (QED) is 0.850. The van der Waals surface area contributed by atoms with Crippen LogP contribution in [-0.2, 0) is 4.79 Å². The lowest BCUT2D eigenvalue weighted by atomic mass is 9.89. The van der Waals surface area contributed by atoms with Crippen LogP contribution >= 0.6 is 11.3 Å². The zero-order valence-electron chi connectivity index (χ0n) is 12.6. The van der Waals surface area contributed by atoms with E-state index in [-0.39, 0.29) is 12.5 Å². The maximum absolute atomic E-state index is 11.9. The molecule has 0 radical (unpaired) electrons. The van der Waals surface area contributed by atoms with Gasteiger partial charge in [0.2, 0.25) is 0 Å². The van der Waals surface area contributed by atoms with Crippen LogP contribution in [0.4, 0.5) is 5.13 Å². The largest absolute Gasteiger partial charge is 0.352 e. The maximum atomic E-state index is 11.9. The summed E-state index contributed by atoms with van der Waals surface area (Å²) >= 11 is 1.55. The minimum absolute atomic E-state index is 0.134. The number of aromatic nitrogens is 1. The number of hydrogen-bond donors (Lipinski definition) is 2. The number of anilines is 1. The highest BCUT2D eigenvalue weighted by atomic mass is 32.1. The molecule has 22 heavy (non-hydrogen) atoms. The minimum Gasteiger partial charge on any atom is -0.352 e. The Hall–Kier alpha value is -1.95. The first-order chi connectivity index (χ1) is 10.7. The van der Waals surface area contributed by atoms with E-state index in [1.165, 1.54) is 12.8 Å². The molecule has 0 spiro atoms. The molecule has 1 aromatic carbocycles. The molecule has 0 unspecified atom stereocenters. The summed E-state index contributed by atoms with van der Waals surface area (Å²) in [4.78, 5) is 16.3. The molecule has 116 valence electrons. The van der Waals surface area contributed by atoms with E-state index in [4.69, 9.17) is 0 Å². The van der Waals surface area contributed by atoms with E-state index >= 15 is 0 Å². The molecule has 0 saturated heterocycles. The van der Waals surface area contributed by atoms with E-state index in [1.807, 2.05) is 24.3 Å². The Morgan fingerprint density at radius 2 is 2.32 bits per heavy atom. The Labute approximate surface area is 133 Å². The number of fused-ring (bicyclic) bond motifs is 1. The number of nitrogens with zero attached hydrogens (tertiary/aromatic N) is 2. The molecule has 1 heterocycles. The third-order valence-corrected chi connectivity index (χ3v) is 4.77. The third kappa shape index (κ3) is 3.82. The Morgan fingerprint density at radius 1 is 1.45 bits per heavy atom. The molecule has 1 aromatic heterocycles. The van der Waals surface area contributed by atoms with Gasteiger partial charge in [-0.05, 0) is 43.7 Å². The number of hydrogen-bond acceptors (Lipinski definition) is 5. The highest BCUT2D eigenvalue weighted by Gasteiger charge is 2.14. The number of hydrazone groups is 1. The third-order valence-electron chi connectivity index (χ3n) is 3.78. The second-order valence-corrected chi connectivity index (χ2v) is 6.79. The van der Waals surface area contributed by atoms with Crippen LogP contribution in [0.3, 0.4) is 0 Å². The van der Waals surface area contributed by atoms with Crippen LogP contribution in [0.1, 0.15) is 32.6 Å². The molecule has 2 N–H and O–H groups in total. The van der Waals surface area contributed by atoms with E-state index in [0.29, 0.717) is 5.92 Å². The van der Waals surface area contributed by atoms with Gasteiger partial charge in [0.15, 0.2) is 5.13 Å². The monoisotopic (exact) mass is 316 g/mol. The second-order valence-electron chi connectivity index (χ2n) is 5.75. The summed E-state index contributed by atoms with van der Waals surface area (Å²) in [5.41, 5.74) is 4.69. The fraction of sp³-hybridized carbons (Fsp3) is 0.438. The highest BCUT2D eigenvalue weighted by Crippen LogP contribution is 2.25. The predicted octanol–water partition coefficient (Wildman–Crippen LogP) is 3.39. The van der Waals surface area contributed by atoms with E-state index in [2.05, 4.69) is 27.8 Å². The van der Waals surface area contributed by atoms with Crippen molar-refractivity contribution in [3.05, 3.63) is 24.3 Å². The van der Waals surface area contributed by atoms with Crippen molar-refractivity contribution < 1.29 is 4.79 Å². The first-order valence-corrected chi connectivity index (χ1v) is 8.46. The summed E-state index contributed by atoms with van der Waals surface area (Å²) in [6.45, 7) is 2.41. The maximum Gasteiger partial charge on any atom is 0.259 e. The van der Waals surface area contributed by atoms with Crippen molar-refractivity contribution in [3.63, 3.8) is 0 Å². The molecule has 1 amide bonds. The normalized spacial score (nSPS) is 20.2. The molecule has 0 aliphatic heterocycles. The first kappa shape index (κ1) is 15.0. The number of carbonyl (C=O) groups is 1. The minimum atomic E-state index is -0.134. The number of benzene rings is 1. The average molecular weight is 316 g/mol. The SMILES string of the molecule is C[C@H]1CCC/C(=N\NC(=O)CNc2nc3ccccc3s2)C1. The number of amides is 1. The van der Waals surface area contributed by atoms with Crippen molar-refractivity contribution in [2.45, 2.75) is 32.6 Å². The van der Waals surface area contributed by atoms with E-state index < -0.39 is 0 Å². The lowest BCUT2D eigenvalue weighted by Crippen LogP contribution is -2.27. The summed E-state index contributed by atoms with van der Waals surface area (Å²) in [7, 11) is 0. The molecular formula is C16H20N4OS. The standard InChI is InChI=1S/C16H20N4OS/c1-11-5-4-6-12(9-11)19-20-15(21)10-17-16-18-13-7-2-3-8-14(13)22-16/h2-3,7-8,11H,4-6,9-10H2,1H3,(H,17,18)(H,20,21)/b19-12+/t11-/m0/s1. The molecule has 2 aromatic rings. The fourth-order valence-electron chi connectivity index (χ4n) is 2.65. The fourth-order valence-corrected chi connectivity index (χ4v) is 3.51. The van der Waals surface area contributed by atoms with Crippen LogP contribution in [0.15, 0.2) is 29.4 Å². The molecule has 1 aliphatic rings. The summed E-state index contributed by atoms with van der Waals surface area (Å²) < 4.78 is 1.11. The zero-order valence-corrected chi connectivity index (χ0v) is 13.4. The van der Waals surface area contributed by atoms with Gasteiger partial charge in [-0.15, -0.1) is 0 Å². The van der Waals surface area contributed by atoms with Crippen LogP contribution in [0.25, 0.3) is 10.2 Å². The van der Waals surface area contributed by atoms with Crippen LogP contribution in [-0.4, -0.2) is 23.1 Å². The lowest BCUT2D eigenvalue weighted by Gasteiger charge is -2.18. The number of rotatable bonds is 4. The molecule has 1 aliphatic carbocycles. The molecule has 5 nitrogen and oxygen atoms in total. The van der Waals surface area contributed by atoms with Gasteiger partial charge in [0.05, 0.1) is 16.8 Å². The Kier molecular flexibility index (Phi) is 4.68. The smallest absolute Gasteiger partial charge is 0.259 e. The van der Waals surface area contributed by atoms with E-state index in [1.54, 1.807) is 11.3 Å². The van der Waals surface area contributed by atoms with Gasteiger partial charge < -0.3 is 5.32 Å². The number of nitrogens with one attached hydrogen (secondary N) is 2. The van der Waals surface area contributed by atoms with Gasteiger partial charge >= 0.3 is 0 Å². The summed E-state index contributed by atoms with van der Waals surface area (Å²) in [6.07, 6.45) is 4.41. The molecule has 6 heteroatoms. The Bertz CT molecular complexity index is 661. The predicted molar refractivity (Wildman–Crippen MR) is 91.3 cm³/mol. The van der Waals surface area contributed by atoms with Crippen LogP contribution in [0.2, 0.25) is 0 Å². The van der Waals surface area contributed by atoms with Crippen molar-refractivity contribution in [1.29, 1.82) is 0 Å². The molecule has 1 saturated carbocycles. The zero-order chi connectivity index (χ0) is 15.4. The van der Waals surface area contributed by atoms with Gasteiger partial charge in [0.1, 0.15) is 0 Å². The topological polar surface area (TPSA) is 66.4 Å². The first-order valence-electron chi connectivity index (χ1n) is 7.64. The van der Waals surface area contributed by atoms with Gasteiger partial charge in [-0.3, -0.25) is 4.79 Å². The van der Waals surface area contributed by atoms with E-state index in [0.717, 1.165) is 33.9 Å². The van der Waals surface area contributed by atoms with Crippen LogP contribution in [0.5, 0.6) is 0 Å². The van der Waals surface area contributed by atoms with E-state index in [9.17, 15) is 4.79 Å².